The van der Waals surface area contributed by atoms with Crippen molar-refractivity contribution in [3.05, 3.63) is 0 Å². The Balaban J connectivity index is 2.53. The van der Waals surface area contributed by atoms with E-state index in [-0.39, 0.29) is 16.6 Å². The summed E-state index contributed by atoms with van der Waals surface area (Å²) < 4.78 is 4.76. The highest BCUT2D eigenvalue weighted by Crippen LogP contribution is 2.28. The van der Waals surface area contributed by atoms with E-state index in [1.165, 1.54) is 0 Å². The minimum absolute atomic E-state index is 0.0338. The summed E-state index contributed by atoms with van der Waals surface area (Å²) in [5.74, 6) is -0.924. The van der Waals surface area contributed by atoms with Crippen LogP contribution in [0.15, 0.2) is 0 Å². The van der Waals surface area contributed by atoms with Gasteiger partial charge < -0.3 is 4.74 Å². The Morgan fingerprint density at radius 1 is 1.67 bits per heavy atom. The summed E-state index contributed by atoms with van der Waals surface area (Å²) in [6.07, 6.45) is 1.36. The van der Waals surface area contributed by atoms with Crippen molar-refractivity contribution in [2.75, 3.05) is 6.61 Å². The molecule has 1 saturated carbocycles. The van der Waals surface area contributed by atoms with Gasteiger partial charge in [0.05, 0.1) is 11.4 Å². The van der Waals surface area contributed by atoms with Crippen molar-refractivity contribution >= 4 is 27.7 Å². The summed E-state index contributed by atoms with van der Waals surface area (Å²) in [7, 11) is 0. The summed E-state index contributed by atoms with van der Waals surface area (Å²) >= 11 is 3.21. The third kappa shape index (κ3) is 1.86. The molecule has 3 nitrogen and oxygen atoms in total. The van der Waals surface area contributed by atoms with Crippen LogP contribution in [-0.2, 0) is 14.3 Å². The van der Waals surface area contributed by atoms with Crippen molar-refractivity contribution in [1.29, 1.82) is 0 Å². The summed E-state index contributed by atoms with van der Waals surface area (Å²) in [5, 5.41) is 0. The van der Waals surface area contributed by atoms with Gasteiger partial charge in [0, 0.05) is 0 Å². The number of esters is 1. The quantitative estimate of drug-likeness (QED) is 0.411. The number of alkyl halides is 1. The van der Waals surface area contributed by atoms with Gasteiger partial charge in [-0.2, -0.15) is 0 Å². The van der Waals surface area contributed by atoms with E-state index in [9.17, 15) is 9.59 Å². The molecule has 0 spiro atoms. The number of hydrogen-bond acceptors (Lipinski definition) is 3. The van der Waals surface area contributed by atoms with Crippen LogP contribution in [0.4, 0.5) is 0 Å². The Morgan fingerprint density at radius 2 is 2.33 bits per heavy atom. The standard InChI is InChI=1S/C8H11BrO3/c1-2-12-8(11)5-3-4-6(9)7(5)10/h5-6H,2-4H2,1H3/t5-,6+/m1/s1. The molecule has 0 radical (unpaired) electrons. The first-order chi connectivity index (χ1) is 5.66. The number of halogens is 1. The summed E-state index contributed by atoms with van der Waals surface area (Å²) in [5.41, 5.74) is 0. The van der Waals surface area contributed by atoms with E-state index in [0.29, 0.717) is 13.0 Å². The van der Waals surface area contributed by atoms with Crippen LogP contribution in [0, 0.1) is 5.92 Å². The lowest BCUT2D eigenvalue weighted by molar-refractivity contribution is -0.150. The largest absolute Gasteiger partial charge is 0.465 e. The molecule has 0 aliphatic heterocycles. The maximum Gasteiger partial charge on any atom is 0.316 e. The predicted octanol–water partition coefficient (Wildman–Crippen LogP) is 1.29. The van der Waals surface area contributed by atoms with Gasteiger partial charge in [-0.1, -0.05) is 15.9 Å². The van der Waals surface area contributed by atoms with Crippen LogP contribution in [0.25, 0.3) is 0 Å². The van der Waals surface area contributed by atoms with Crippen LogP contribution in [0.5, 0.6) is 0 Å². The molecule has 0 aromatic heterocycles. The van der Waals surface area contributed by atoms with Gasteiger partial charge in [0.1, 0.15) is 5.92 Å². The first-order valence-corrected chi connectivity index (χ1v) is 4.92. The minimum atomic E-state index is -0.519. The zero-order chi connectivity index (χ0) is 9.14. The van der Waals surface area contributed by atoms with Crippen LogP contribution in [0.3, 0.4) is 0 Å². The average molecular weight is 235 g/mol. The van der Waals surface area contributed by atoms with Crippen molar-refractivity contribution in [2.45, 2.75) is 24.6 Å². The average Bonchev–Trinajstić information content (AvgIpc) is 2.34. The van der Waals surface area contributed by atoms with Gasteiger partial charge in [-0.15, -0.1) is 0 Å². The third-order valence-corrected chi connectivity index (χ3v) is 2.84. The maximum atomic E-state index is 11.3. The van der Waals surface area contributed by atoms with Crippen LogP contribution >= 0.6 is 15.9 Å². The summed E-state index contributed by atoms with van der Waals surface area (Å²) in [6, 6.07) is 0. The molecule has 0 heterocycles. The van der Waals surface area contributed by atoms with Gasteiger partial charge in [-0.05, 0) is 19.8 Å². The van der Waals surface area contributed by atoms with Crippen molar-refractivity contribution < 1.29 is 14.3 Å². The molecule has 1 rings (SSSR count). The van der Waals surface area contributed by atoms with Gasteiger partial charge in [-0.25, -0.2) is 0 Å². The summed E-state index contributed by atoms with van der Waals surface area (Å²) in [4.78, 5) is 22.3. The molecule has 1 aliphatic rings. The second kappa shape index (κ2) is 4.03. The number of Topliss-reactive ketones (excluding diaryl/α,β-unsaturated/α-hetero) is 1. The van der Waals surface area contributed by atoms with E-state index in [0.717, 1.165) is 6.42 Å². The van der Waals surface area contributed by atoms with Crippen molar-refractivity contribution in [1.82, 2.24) is 0 Å². The molecule has 0 aromatic carbocycles. The second-order valence-electron chi connectivity index (χ2n) is 2.75. The Morgan fingerprint density at radius 3 is 2.75 bits per heavy atom. The number of rotatable bonds is 2. The number of carbonyl (C=O) groups is 2. The molecule has 0 amide bonds. The van der Waals surface area contributed by atoms with Crippen molar-refractivity contribution in [3.8, 4) is 0 Å². The maximum absolute atomic E-state index is 11.3. The lowest BCUT2D eigenvalue weighted by atomic mass is 10.1. The van der Waals surface area contributed by atoms with E-state index in [1.54, 1.807) is 6.92 Å². The highest BCUT2D eigenvalue weighted by atomic mass is 79.9. The number of carbonyl (C=O) groups excluding carboxylic acids is 2. The van der Waals surface area contributed by atoms with Crippen LogP contribution in [-0.4, -0.2) is 23.2 Å². The number of hydrogen-bond donors (Lipinski definition) is 0. The SMILES string of the molecule is CCOC(=O)[C@@H]1CC[C@H](Br)C1=O. The molecular weight excluding hydrogens is 224 g/mol. The lowest BCUT2D eigenvalue weighted by Crippen LogP contribution is -2.24. The van der Waals surface area contributed by atoms with E-state index in [1.807, 2.05) is 0 Å². The fourth-order valence-electron chi connectivity index (χ4n) is 1.29. The monoisotopic (exact) mass is 234 g/mol. The molecular formula is C8H11BrO3. The van der Waals surface area contributed by atoms with Crippen LogP contribution < -0.4 is 0 Å². The van der Waals surface area contributed by atoms with Crippen molar-refractivity contribution in [2.24, 2.45) is 5.92 Å². The first kappa shape index (κ1) is 9.71. The fraction of sp³-hybridized carbons (Fsp3) is 0.750. The molecule has 1 aliphatic carbocycles. The predicted molar refractivity (Wildman–Crippen MR) is 47.1 cm³/mol. The highest BCUT2D eigenvalue weighted by molar-refractivity contribution is 9.10. The van der Waals surface area contributed by atoms with Gasteiger partial charge in [0.2, 0.25) is 0 Å². The first-order valence-electron chi connectivity index (χ1n) is 4.01. The molecule has 0 saturated heterocycles. The molecule has 2 atom stereocenters. The van der Waals surface area contributed by atoms with Crippen LogP contribution in [0.1, 0.15) is 19.8 Å². The Labute approximate surface area is 79.6 Å². The van der Waals surface area contributed by atoms with Gasteiger partial charge >= 0.3 is 5.97 Å². The normalized spacial score (nSPS) is 29.0. The summed E-state index contributed by atoms with van der Waals surface area (Å²) in [6.45, 7) is 2.08. The Bertz CT molecular complexity index is 202. The molecule has 0 unspecified atom stereocenters. The molecule has 0 bridgehead atoms. The zero-order valence-electron chi connectivity index (χ0n) is 6.88. The molecule has 12 heavy (non-hydrogen) atoms. The van der Waals surface area contributed by atoms with E-state index < -0.39 is 5.92 Å². The fourth-order valence-corrected chi connectivity index (χ4v) is 1.88. The number of ketones is 1. The Hall–Kier alpha value is -0.380. The highest BCUT2D eigenvalue weighted by Gasteiger charge is 2.38. The molecule has 68 valence electrons. The molecule has 0 N–H and O–H groups in total. The number of ether oxygens (including phenoxy) is 1. The second-order valence-corrected chi connectivity index (χ2v) is 3.86. The molecule has 4 heteroatoms. The van der Waals surface area contributed by atoms with Gasteiger partial charge in [0.15, 0.2) is 5.78 Å². The minimum Gasteiger partial charge on any atom is -0.465 e. The molecule has 0 aromatic rings. The van der Waals surface area contributed by atoms with Crippen molar-refractivity contribution in [3.63, 3.8) is 0 Å². The third-order valence-electron chi connectivity index (χ3n) is 1.93. The molecule has 1 fully saturated rings. The van der Waals surface area contributed by atoms with E-state index in [4.69, 9.17) is 4.74 Å². The topological polar surface area (TPSA) is 43.4 Å². The zero-order valence-corrected chi connectivity index (χ0v) is 8.46. The Kier molecular flexibility index (Phi) is 3.26. The van der Waals surface area contributed by atoms with E-state index >= 15 is 0 Å². The van der Waals surface area contributed by atoms with E-state index in [2.05, 4.69) is 15.9 Å². The smallest absolute Gasteiger partial charge is 0.316 e. The van der Waals surface area contributed by atoms with Gasteiger partial charge in [0.25, 0.3) is 0 Å². The van der Waals surface area contributed by atoms with Gasteiger partial charge in [-0.3, -0.25) is 9.59 Å². The lowest BCUT2D eigenvalue weighted by Gasteiger charge is -2.06. The van der Waals surface area contributed by atoms with Crippen LogP contribution in [0.2, 0.25) is 0 Å².